The van der Waals surface area contributed by atoms with E-state index in [4.69, 9.17) is 0 Å². The van der Waals surface area contributed by atoms with Crippen molar-refractivity contribution in [3.63, 3.8) is 0 Å². The van der Waals surface area contributed by atoms with Gasteiger partial charge in [-0.1, -0.05) is 30.3 Å². The van der Waals surface area contributed by atoms with Crippen molar-refractivity contribution in [1.82, 2.24) is 15.1 Å². The van der Waals surface area contributed by atoms with E-state index in [0.717, 1.165) is 32.6 Å². The van der Waals surface area contributed by atoms with Crippen LogP contribution in [0.1, 0.15) is 24.9 Å². The highest BCUT2D eigenvalue weighted by Gasteiger charge is 2.29. The Hall–Kier alpha value is -1.41. The Morgan fingerprint density at radius 3 is 2.67 bits per heavy atom. The third-order valence-electron chi connectivity index (χ3n) is 4.58. The topological polar surface area (TPSA) is 42.3 Å². The second-order valence-electron chi connectivity index (χ2n) is 6.17. The molecule has 1 N–H and O–H groups in total. The van der Waals surface area contributed by atoms with Gasteiger partial charge in [-0.05, 0) is 33.0 Å². The quantitative estimate of drug-likeness (QED) is 0.897. The average molecular weight is 286 g/mol. The maximum Gasteiger partial charge on any atom is 0.104 e. The summed E-state index contributed by atoms with van der Waals surface area (Å²) in [6.07, 6.45) is 0.840. The van der Waals surface area contributed by atoms with Gasteiger partial charge in [-0.2, -0.15) is 5.26 Å². The van der Waals surface area contributed by atoms with Gasteiger partial charge in [0.05, 0.1) is 6.07 Å². The van der Waals surface area contributed by atoms with Gasteiger partial charge in [-0.15, -0.1) is 0 Å². The Balaban J connectivity index is 2.07. The first kappa shape index (κ1) is 16.0. The molecule has 21 heavy (non-hydrogen) atoms. The van der Waals surface area contributed by atoms with E-state index >= 15 is 0 Å². The number of rotatable bonds is 5. The van der Waals surface area contributed by atoms with E-state index < -0.39 is 5.54 Å². The molecule has 1 saturated heterocycles. The van der Waals surface area contributed by atoms with Crippen LogP contribution < -0.4 is 5.32 Å². The van der Waals surface area contributed by atoms with Crippen LogP contribution in [0.25, 0.3) is 0 Å². The number of piperazine rings is 1. The third kappa shape index (κ3) is 4.04. The van der Waals surface area contributed by atoms with Gasteiger partial charge in [0.1, 0.15) is 5.54 Å². The fourth-order valence-electron chi connectivity index (χ4n) is 2.82. The van der Waals surface area contributed by atoms with Crippen LogP contribution >= 0.6 is 0 Å². The van der Waals surface area contributed by atoms with Crippen LogP contribution in [0.5, 0.6) is 0 Å². The van der Waals surface area contributed by atoms with E-state index in [2.05, 4.69) is 58.6 Å². The van der Waals surface area contributed by atoms with E-state index in [1.165, 1.54) is 5.56 Å². The van der Waals surface area contributed by atoms with Gasteiger partial charge >= 0.3 is 0 Å². The molecule has 4 nitrogen and oxygen atoms in total. The average Bonchev–Trinajstić information content (AvgIpc) is 2.54. The largest absolute Gasteiger partial charge is 0.303 e. The molecule has 0 aliphatic carbocycles. The molecule has 2 atom stereocenters. The summed E-state index contributed by atoms with van der Waals surface area (Å²) in [6, 6.07) is 13.5. The molecule has 4 heteroatoms. The van der Waals surface area contributed by atoms with Crippen molar-refractivity contribution in [1.29, 1.82) is 5.26 Å². The van der Waals surface area contributed by atoms with E-state index in [1.807, 2.05) is 14.0 Å². The summed E-state index contributed by atoms with van der Waals surface area (Å²) in [5.41, 5.74) is 0.928. The maximum absolute atomic E-state index is 9.30. The van der Waals surface area contributed by atoms with Gasteiger partial charge in [0.2, 0.25) is 0 Å². The molecule has 1 heterocycles. The number of nitrogens with zero attached hydrogens (tertiary/aromatic N) is 3. The molecular weight excluding hydrogens is 260 g/mol. The minimum Gasteiger partial charge on any atom is -0.303 e. The van der Waals surface area contributed by atoms with Crippen LogP contribution in [-0.4, -0.2) is 55.6 Å². The molecule has 0 amide bonds. The van der Waals surface area contributed by atoms with Gasteiger partial charge in [0.25, 0.3) is 0 Å². The molecule has 0 spiro atoms. The Morgan fingerprint density at radius 1 is 1.33 bits per heavy atom. The van der Waals surface area contributed by atoms with Crippen molar-refractivity contribution in [3.8, 4) is 6.07 Å². The molecule has 0 aromatic heterocycles. The molecule has 1 aromatic carbocycles. The molecule has 1 aliphatic rings. The maximum atomic E-state index is 9.30. The molecule has 2 rings (SSSR count). The van der Waals surface area contributed by atoms with Crippen molar-refractivity contribution >= 4 is 0 Å². The first-order valence-corrected chi connectivity index (χ1v) is 7.66. The minimum absolute atomic E-state index is 0.421. The van der Waals surface area contributed by atoms with Crippen LogP contribution in [0.2, 0.25) is 0 Å². The number of hydrogen-bond donors (Lipinski definition) is 1. The Labute approximate surface area is 128 Å². The SMILES string of the molecule is CNC(C)(C#N)CCN1CCN(C)CC1c1ccccc1. The fourth-order valence-corrected chi connectivity index (χ4v) is 2.82. The molecule has 0 radical (unpaired) electrons. The third-order valence-corrected chi connectivity index (χ3v) is 4.58. The Morgan fingerprint density at radius 2 is 2.05 bits per heavy atom. The summed E-state index contributed by atoms with van der Waals surface area (Å²) in [5.74, 6) is 0. The number of likely N-dealkylation sites (N-methyl/N-ethyl adjacent to an activating group) is 1. The van der Waals surface area contributed by atoms with Gasteiger partial charge in [0, 0.05) is 32.2 Å². The summed E-state index contributed by atoms with van der Waals surface area (Å²) < 4.78 is 0. The van der Waals surface area contributed by atoms with Crippen molar-refractivity contribution in [2.75, 3.05) is 40.3 Å². The highest BCUT2D eigenvalue weighted by molar-refractivity contribution is 5.20. The van der Waals surface area contributed by atoms with Crippen molar-refractivity contribution in [3.05, 3.63) is 35.9 Å². The molecule has 1 aromatic rings. The lowest BCUT2D eigenvalue weighted by Gasteiger charge is -2.41. The van der Waals surface area contributed by atoms with Crippen molar-refractivity contribution < 1.29 is 0 Å². The zero-order valence-corrected chi connectivity index (χ0v) is 13.3. The monoisotopic (exact) mass is 286 g/mol. The fraction of sp³-hybridized carbons (Fsp3) is 0.588. The van der Waals surface area contributed by atoms with Crippen molar-refractivity contribution in [2.45, 2.75) is 24.9 Å². The van der Waals surface area contributed by atoms with Gasteiger partial charge in [-0.3, -0.25) is 4.90 Å². The van der Waals surface area contributed by atoms with Gasteiger partial charge in [0.15, 0.2) is 0 Å². The summed E-state index contributed by atoms with van der Waals surface area (Å²) in [4.78, 5) is 4.90. The van der Waals surface area contributed by atoms with Crippen LogP contribution in [0.15, 0.2) is 30.3 Å². The normalized spacial score (nSPS) is 23.4. The first-order chi connectivity index (χ1) is 10.1. The summed E-state index contributed by atoms with van der Waals surface area (Å²) >= 11 is 0. The standard InChI is InChI=1S/C17H26N4/c1-17(14-18,19-2)9-10-21-12-11-20(3)13-16(21)15-7-5-4-6-8-15/h4-8,16,19H,9-13H2,1-3H3. The predicted molar refractivity (Wildman–Crippen MR) is 85.9 cm³/mol. The lowest BCUT2D eigenvalue weighted by molar-refractivity contribution is 0.0840. The number of nitriles is 1. The molecule has 1 aliphatic heterocycles. The molecule has 1 fully saturated rings. The summed E-state index contributed by atoms with van der Waals surface area (Å²) in [6.45, 7) is 6.11. The lowest BCUT2D eigenvalue weighted by atomic mass is 9.97. The van der Waals surface area contributed by atoms with Crippen LogP contribution in [0.3, 0.4) is 0 Å². The van der Waals surface area contributed by atoms with E-state index in [1.54, 1.807) is 0 Å². The molecular formula is C17H26N4. The zero-order valence-electron chi connectivity index (χ0n) is 13.3. The van der Waals surface area contributed by atoms with Gasteiger partial charge < -0.3 is 10.2 Å². The predicted octanol–water partition coefficient (Wildman–Crippen LogP) is 1.87. The highest BCUT2D eigenvalue weighted by Crippen LogP contribution is 2.25. The molecule has 0 bridgehead atoms. The zero-order chi connectivity index (χ0) is 15.3. The number of nitrogens with one attached hydrogen (secondary N) is 1. The number of benzene rings is 1. The van der Waals surface area contributed by atoms with Crippen LogP contribution in [0, 0.1) is 11.3 Å². The summed E-state index contributed by atoms with van der Waals surface area (Å²) in [5, 5.41) is 12.4. The van der Waals surface area contributed by atoms with Gasteiger partial charge in [-0.25, -0.2) is 0 Å². The Kier molecular flexibility index (Phi) is 5.35. The minimum atomic E-state index is -0.440. The van der Waals surface area contributed by atoms with Crippen molar-refractivity contribution in [2.24, 2.45) is 0 Å². The molecule has 0 saturated carbocycles. The number of hydrogen-bond acceptors (Lipinski definition) is 4. The smallest absolute Gasteiger partial charge is 0.104 e. The van der Waals surface area contributed by atoms with Crippen LogP contribution in [-0.2, 0) is 0 Å². The second-order valence-corrected chi connectivity index (χ2v) is 6.17. The highest BCUT2D eigenvalue weighted by atomic mass is 15.3. The first-order valence-electron chi connectivity index (χ1n) is 7.66. The Bertz CT molecular complexity index is 481. The molecule has 2 unspecified atom stereocenters. The lowest BCUT2D eigenvalue weighted by Crippen LogP contribution is -2.49. The molecule has 114 valence electrons. The van der Waals surface area contributed by atoms with E-state index in [0.29, 0.717) is 6.04 Å². The summed E-state index contributed by atoms with van der Waals surface area (Å²) in [7, 11) is 4.04. The van der Waals surface area contributed by atoms with E-state index in [-0.39, 0.29) is 0 Å². The second kappa shape index (κ2) is 7.04. The van der Waals surface area contributed by atoms with E-state index in [9.17, 15) is 5.26 Å². The van der Waals surface area contributed by atoms with Crippen LogP contribution in [0.4, 0.5) is 0 Å².